The Morgan fingerprint density at radius 2 is 1.00 bits per heavy atom. The first kappa shape index (κ1) is 16.9. The lowest BCUT2D eigenvalue weighted by molar-refractivity contribution is 1.50. The summed E-state index contributed by atoms with van der Waals surface area (Å²) in [5.41, 5.74) is 0. The maximum Gasteiger partial charge on any atom is 0.00956 e. The number of aryl methyl sites for hydroxylation is 4. The minimum atomic E-state index is 1.40. The molecule has 0 fully saturated rings. The van der Waals surface area contributed by atoms with Crippen LogP contribution in [-0.4, -0.2) is 0 Å². The van der Waals surface area contributed by atoms with Gasteiger partial charge in [-0.1, -0.05) is 38.1 Å². The van der Waals surface area contributed by atoms with Gasteiger partial charge in [0.15, 0.2) is 0 Å². The van der Waals surface area contributed by atoms with E-state index < -0.39 is 0 Å². The monoisotopic (exact) mass is 304 g/mol. The van der Waals surface area contributed by atoms with Crippen molar-refractivity contribution in [3.05, 3.63) is 55.9 Å². The Morgan fingerprint density at radius 3 is 1.30 bits per heavy atom. The lowest BCUT2D eigenvalue weighted by Crippen LogP contribution is -1.65. The minimum Gasteiger partial charge on any atom is -0.146 e. The summed E-state index contributed by atoms with van der Waals surface area (Å²) < 4.78 is 0. The van der Waals surface area contributed by atoms with E-state index in [4.69, 9.17) is 0 Å². The fourth-order valence-corrected chi connectivity index (χ4v) is 3.81. The molecule has 3 rings (SSSR count). The molecule has 0 amide bonds. The Hall–Kier alpha value is -1.12. The molecule has 3 aromatic rings. The summed E-state index contributed by atoms with van der Waals surface area (Å²) in [6.07, 6.45) is 0. The maximum absolute atomic E-state index is 2.19. The highest BCUT2D eigenvalue weighted by atomic mass is 32.1. The molecule has 2 aromatic heterocycles. The molecule has 0 aliphatic rings. The molecule has 0 saturated heterocycles. The van der Waals surface area contributed by atoms with Crippen molar-refractivity contribution in [1.29, 1.82) is 0 Å². The molecule has 0 aliphatic carbocycles. The predicted molar refractivity (Wildman–Crippen MR) is 96.4 cm³/mol. The van der Waals surface area contributed by atoms with Crippen LogP contribution in [0.2, 0.25) is 0 Å². The number of benzene rings is 1. The number of rotatable bonds is 0. The topological polar surface area (TPSA) is 0 Å². The van der Waals surface area contributed by atoms with Gasteiger partial charge in [0, 0.05) is 19.5 Å². The number of hydrogen-bond acceptors (Lipinski definition) is 2. The highest BCUT2D eigenvalue weighted by Gasteiger charge is 2.01. The van der Waals surface area contributed by atoms with Crippen LogP contribution in [0.25, 0.3) is 10.8 Å². The van der Waals surface area contributed by atoms with E-state index in [9.17, 15) is 0 Å². The standard InChI is InChI=1S/C10H10S.C6H8S.C2H6/c1-7-9-5-3-4-6-10(9)8(2)11-7;1-5-3-4-6(2)7-5;1-2/h3-6H,1-2H3;3-4H,1-2H3;1-2H3. The van der Waals surface area contributed by atoms with Crippen LogP contribution in [0.5, 0.6) is 0 Å². The van der Waals surface area contributed by atoms with Crippen molar-refractivity contribution in [2.75, 3.05) is 0 Å². The summed E-state index contributed by atoms with van der Waals surface area (Å²) >= 11 is 3.73. The molecule has 1 aromatic carbocycles. The molecule has 0 atom stereocenters. The van der Waals surface area contributed by atoms with E-state index in [2.05, 4.69) is 64.1 Å². The SMILES string of the molecule is CC.Cc1ccc(C)s1.Cc1sc(C)c2ccccc12. The first-order chi connectivity index (χ1) is 9.58. The molecule has 0 nitrogen and oxygen atoms in total. The molecule has 0 unspecified atom stereocenters. The first-order valence-electron chi connectivity index (χ1n) is 7.05. The van der Waals surface area contributed by atoms with Crippen LogP contribution in [-0.2, 0) is 0 Å². The van der Waals surface area contributed by atoms with Crippen LogP contribution in [0, 0.1) is 27.7 Å². The van der Waals surface area contributed by atoms with E-state index in [1.807, 2.05) is 36.5 Å². The second-order valence-corrected chi connectivity index (χ2v) is 7.34. The summed E-state index contributed by atoms with van der Waals surface area (Å²) in [6, 6.07) is 12.9. The molecule has 0 spiro atoms. The Morgan fingerprint density at radius 1 is 0.600 bits per heavy atom. The second kappa shape index (κ2) is 8.23. The predicted octanol–water partition coefficient (Wildman–Crippen LogP) is 6.91. The van der Waals surface area contributed by atoms with Gasteiger partial charge in [-0.05, 0) is 50.6 Å². The third-order valence-corrected chi connectivity index (χ3v) is 4.83. The summed E-state index contributed by atoms with van der Waals surface area (Å²) in [6.45, 7) is 12.6. The van der Waals surface area contributed by atoms with Crippen LogP contribution in [0.1, 0.15) is 33.4 Å². The molecular formula is C18H24S2. The third kappa shape index (κ3) is 4.46. The van der Waals surface area contributed by atoms with E-state index in [0.717, 1.165) is 0 Å². The second-order valence-electron chi connectivity index (χ2n) is 4.42. The van der Waals surface area contributed by atoms with Gasteiger partial charge in [-0.2, -0.15) is 0 Å². The maximum atomic E-state index is 2.19. The zero-order valence-electron chi connectivity index (χ0n) is 13.3. The smallest absolute Gasteiger partial charge is 0.00956 e. The number of thiophene rings is 2. The van der Waals surface area contributed by atoms with Gasteiger partial charge in [0.2, 0.25) is 0 Å². The van der Waals surface area contributed by atoms with E-state index in [0.29, 0.717) is 0 Å². The lowest BCUT2D eigenvalue weighted by Gasteiger charge is -1.88. The van der Waals surface area contributed by atoms with Gasteiger partial charge in [0.05, 0.1) is 0 Å². The highest BCUT2D eigenvalue weighted by Crippen LogP contribution is 2.29. The highest BCUT2D eigenvalue weighted by molar-refractivity contribution is 7.13. The summed E-state index contributed by atoms with van der Waals surface area (Å²) in [5, 5.41) is 2.82. The van der Waals surface area contributed by atoms with Crippen molar-refractivity contribution in [2.24, 2.45) is 0 Å². The zero-order valence-corrected chi connectivity index (χ0v) is 14.9. The molecule has 2 heteroatoms. The Kier molecular flexibility index (Phi) is 6.97. The number of hydrogen-bond donors (Lipinski definition) is 0. The lowest BCUT2D eigenvalue weighted by atomic mass is 10.1. The fraction of sp³-hybridized carbons (Fsp3) is 0.333. The molecule has 0 radical (unpaired) electrons. The van der Waals surface area contributed by atoms with Gasteiger partial charge >= 0.3 is 0 Å². The van der Waals surface area contributed by atoms with Crippen LogP contribution in [0.3, 0.4) is 0 Å². The fourth-order valence-electron chi connectivity index (χ4n) is 1.99. The molecule has 20 heavy (non-hydrogen) atoms. The van der Waals surface area contributed by atoms with Crippen LogP contribution in [0.4, 0.5) is 0 Å². The van der Waals surface area contributed by atoms with Gasteiger partial charge in [-0.25, -0.2) is 0 Å². The van der Waals surface area contributed by atoms with Crippen molar-refractivity contribution in [3.8, 4) is 0 Å². The van der Waals surface area contributed by atoms with E-state index in [-0.39, 0.29) is 0 Å². The average molecular weight is 305 g/mol. The summed E-state index contributed by atoms with van der Waals surface area (Å²) in [5.74, 6) is 0. The van der Waals surface area contributed by atoms with Crippen molar-refractivity contribution in [2.45, 2.75) is 41.5 Å². The van der Waals surface area contributed by atoms with E-state index in [1.54, 1.807) is 0 Å². The van der Waals surface area contributed by atoms with Crippen LogP contribution in [0.15, 0.2) is 36.4 Å². The van der Waals surface area contributed by atoms with E-state index >= 15 is 0 Å². The van der Waals surface area contributed by atoms with Gasteiger partial charge in [0.1, 0.15) is 0 Å². The van der Waals surface area contributed by atoms with E-state index in [1.165, 1.54) is 30.3 Å². The zero-order chi connectivity index (χ0) is 15.1. The quantitative estimate of drug-likeness (QED) is 0.423. The molecular weight excluding hydrogens is 280 g/mol. The molecule has 2 heterocycles. The van der Waals surface area contributed by atoms with Gasteiger partial charge in [-0.15, -0.1) is 22.7 Å². The first-order valence-corrected chi connectivity index (χ1v) is 8.69. The molecule has 0 bridgehead atoms. The molecule has 0 saturated carbocycles. The Bertz CT molecular complexity index is 592. The Balaban J connectivity index is 0.000000193. The van der Waals surface area contributed by atoms with Crippen molar-refractivity contribution < 1.29 is 0 Å². The average Bonchev–Trinajstić information content (AvgIpc) is 2.97. The normalized spacial score (nSPS) is 9.50. The third-order valence-electron chi connectivity index (χ3n) is 2.87. The van der Waals surface area contributed by atoms with Gasteiger partial charge in [0.25, 0.3) is 0 Å². The summed E-state index contributed by atoms with van der Waals surface area (Å²) in [4.78, 5) is 5.66. The summed E-state index contributed by atoms with van der Waals surface area (Å²) in [7, 11) is 0. The van der Waals surface area contributed by atoms with Crippen molar-refractivity contribution in [1.82, 2.24) is 0 Å². The van der Waals surface area contributed by atoms with Gasteiger partial charge < -0.3 is 0 Å². The minimum absolute atomic E-state index is 1.40. The van der Waals surface area contributed by atoms with Crippen molar-refractivity contribution >= 4 is 33.4 Å². The van der Waals surface area contributed by atoms with Crippen molar-refractivity contribution in [3.63, 3.8) is 0 Å². The number of fused-ring (bicyclic) bond motifs is 1. The molecule has 0 N–H and O–H groups in total. The Labute approximate surface area is 131 Å². The largest absolute Gasteiger partial charge is 0.146 e. The molecule has 108 valence electrons. The molecule has 0 aliphatic heterocycles. The van der Waals surface area contributed by atoms with Crippen LogP contribution >= 0.6 is 22.7 Å². The van der Waals surface area contributed by atoms with Gasteiger partial charge in [-0.3, -0.25) is 0 Å². The van der Waals surface area contributed by atoms with Crippen LogP contribution < -0.4 is 0 Å².